The number of ether oxygens (including phenoxy) is 5. The summed E-state index contributed by atoms with van der Waals surface area (Å²) >= 11 is 0. The Morgan fingerprint density at radius 2 is 1.47 bits per heavy atom. The molecule has 0 radical (unpaired) electrons. The fourth-order valence-electron chi connectivity index (χ4n) is 5.32. The van der Waals surface area contributed by atoms with Gasteiger partial charge in [0.1, 0.15) is 5.60 Å². The molecule has 0 aliphatic carbocycles. The standard InChI is InChI=1S/C28H39NO6.C6H6O3S/c1-17(27(30)35-28(2,3)4)20(13-18-9-10-22(31-5)23(14-18)32-6)26-21-16-25(34-8)24(33-7)15-19(21)11-12-29-26;7-10(8,9)6-4-2-1-3-5-6/h9-10,14-17,20,26,29H,11-13H2,1-8H3;1-5H,(H,7,8,9)/t17?,20?,26-;/m1./s1. The Bertz CT molecular complexity index is 1540. The molecular formula is C34H45NO9S. The molecule has 0 amide bonds. The van der Waals surface area contributed by atoms with Crippen LogP contribution in [0.15, 0.2) is 65.6 Å². The Hall–Kier alpha value is -3.80. The average molecular weight is 644 g/mol. The highest BCUT2D eigenvalue weighted by Crippen LogP contribution is 2.41. The molecule has 0 spiro atoms. The van der Waals surface area contributed by atoms with Gasteiger partial charge in [-0.2, -0.15) is 8.42 Å². The predicted molar refractivity (Wildman–Crippen MR) is 172 cm³/mol. The average Bonchev–Trinajstić information content (AvgIpc) is 3.01. The van der Waals surface area contributed by atoms with E-state index in [1.165, 1.54) is 17.7 Å². The predicted octanol–water partition coefficient (Wildman–Crippen LogP) is 5.68. The lowest BCUT2D eigenvalue weighted by Crippen LogP contribution is -2.41. The first-order valence-electron chi connectivity index (χ1n) is 14.7. The minimum Gasteiger partial charge on any atom is -0.493 e. The highest BCUT2D eigenvalue weighted by molar-refractivity contribution is 7.85. The van der Waals surface area contributed by atoms with Crippen LogP contribution >= 0.6 is 0 Å². The van der Waals surface area contributed by atoms with Crippen molar-refractivity contribution in [2.24, 2.45) is 11.8 Å². The van der Waals surface area contributed by atoms with Gasteiger partial charge >= 0.3 is 5.97 Å². The molecule has 1 heterocycles. The summed E-state index contributed by atoms with van der Waals surface area (Å²) in [5.41, 5.74) is 2.81. The lowest BCUT2D eigenvalue weighted by molar-refractivity contribution is -0.161. The van der Waals surface area contributed by atoms with Gasteiger partial charge in [0.25, 0.3) is 10.1 Å². The number of rotatable bonds is 10. The van der Waals surface area contributed by atoms with Crippen molar-refractivity contribution in [3.8, 4) is 23.0 Å². The summed E-state index contributed by atoms with van der Waals surface area (Å²) in [6.07, 6.45) is 1.52. The Morgan fingerprint density at radius 3 is 2.00 bits per heavy atom. The highest BCUT2D eigenvalue weighted by atomic mass is 32.2. The molecule has 45 heavy (non-hydrogen) atoms. The van der Waals surface area contributed by atoms with Gasteiger partial charge in [-0.3, -0.25) is 9.35 Å². The summed E-state index contributed by atoms with van der Waals surface area (Å²) in [7, 11) is 2.53. The Morgan fingerprint density at radius 1 is 0.889 bits per heavy atom. The maximum atomic E-state index is 13.3. The van der Waals surface area contributed by atoms with Crippen LogP contribution in [0, 0.1) is 11.8 Å². The zero-order chi connectivity index (χ0) is 33.4. The Kier molecular flexibility index (Phi) is 12.3. The number of fused-ring (bicyclic) bond motifs is 1. The molecule has 3 aromatic carbocycles. The molecule has 0 fully saturated rings. The molecular weight excluding hydrogens is 598 g/mol. The molecule has 2 unspecified atom stereocenters. The van der Waals surface area contributed by atoms with Crippen molar-refractivity contribution in [3.05, 3.63) is 77.4 Å². The van der Waals surface area contributed by atoms with E-state index in [9.17, 15) is 13.2 Å². The van der Waals surface area contributed by atoms with Gasteiger partial charge in [0, 0.05) is 6.04 Å². The van der Waals surface area contributed by atoms with Crippen LogP contribution in [0.25, 0.3) is 0 Å². The van der Waals surface area contributed by atoms with Crippen molar-refractivity contribution in [1.29, 1.82) is 0 Å². The molecule has 10 nitrogen and oxygen atoms in total. The molecule has 1 aliphatic rings. The number of hydrogen-bond donors (Lipinski definition) is 2. The van der Waals surface area contributed by atoms with E-state index in [0.29, 0.717) is 29.4 Å². The van der Waals surface area contributed by atoms with Crippen LogP contribution in [0.1, 0.15) is 50.4 Å². The number of methoxy groups -OCH3 is 4. The van der Waals surface area contributed by atoms with Gasteiger partial charge < -0.3 is 29.0 Å². The lowest BCUT2D eigenvalue weighted by atomic mass is 9.76. The smallest absolute Gasteiger partial charge is 0.309 e. The fourth-order valence-corrected chi connectivity index (χ4v) is 5.82. The van der Waals surface area contributed by atoms with E-state index in [4.69, 9.17) is 28.2 Å². The number of carbonyl (C=O) groups excluding carboxylic acids is 1. The van der Waals surface area contributed by atoms with E-state index in [0.717, 1.165) is 24.1 Å². The SMILES string of the molecule is COc1ccc(CC(C(C)C(=O)OC(C)(C)C)[C@H]2NCCc3cc(OC)c(OC)cc32)cc1OC.O=S(=O)(O)c1ccccc1. The fraction of sp³-hybridized carbons (Fsp3) is 0.441. The van der Waals surface area contributed by atoms with Gasteiger partial charge in [0.2, 0.25) is 0 Å². The van der Waals surface area contributed by atoms with Crippen molar-refractivity contribution in [1.82, 2.24) is 5.32 Å². The van der Waals surface area contributed by atoms with E-state index in [1.54, 1.807) is 46.6 Å². The van der Waals surface area contributed by atoms with E-state index < -0.39 is 15.7 Å². The van der Waals surface area contributed by atoms with Crippen molar-refractivity contribution in [2.45, 2.75) is 57.1 Å². The molecule has 11 heteroatoms. The van der Waals surface area contributed by atoms with Crippen molar-refractivity contribution in [2.75, 3.05) is 35.0 Å². The second-order valence-electron chi connectivity index (χ2n) is 11.8. The molecule has 4 rings (SSSR count). The van der Waals surface area contributed by atoms with Crippen LogP contribution in [-0.2, 0) is 32.5 Å². The molecule has 2 N–H and O–H groups in total. The van der Waals surface area contributed by atoms with Crippen molar-refractivity contribution in [3.63, 3.8) is 0 Å². The third-order valence-corrected chi connectivity index (χ3v) is 8.42. The van der Waals surface area contributed by atoms with Gasteiger partial charge in [0.15, 0.2) is 23.0 Å². The molecule has 0 saturated heterocycles. The quantitative estimate of drug-likeness (QED) is 0.210. The zero-order valence-corrected chi connectivity index (χ0v) is 28.1. The lowest BCUT2D eigenvalue weighted by Gasteiger charge is -2.37. The maximum Gasteiger partial charge on any atom is 0.309 e. The number of nitrogens with one attached hydrogen (secondary N) is 1. The summed E-state index contributed by atoms with van der Waals surface area (Å²) < 4.78 is 57.1. The van der Waals surface area contributed by atoms with Gasteiger partial charge in [0.05, 0.1) is 39.3 Å². The second-order valence-corrected chi connectivity index (χ2v) is 13.2. The van der Waals surface area contributed by atoms with Crippen LogP contribution < -0.4 is 24.3 Å². The van der Waals surface area contributed by atoms with E-state index in [1.807, 2.05) is 58.0 Å². The first kappa shape index (κ1) is 35.7. The first-order valence-corrected chi connectivity index (χ1v) is 16.1. The highest BCUT2D eigenvalue weighted by Gasteiger charge is 2.37. The molecule has 0 saturated carbocycles. The molecule has 1 aliphatic heterocycles. The molecule has 3 atom stereocenters. The Labute approximate surface area is 266 Å². The topological polar surface area (TPSA) is 130 Å². The maximum absolute atomic E-state index is 13.3. The summed E-state index contributed by atoms with van der Waals surface area (Å²) in [6.45, 7) is 8.44. The largest absolute Gasteiger partial charge is 0.493 e. The number of benzene rings is 3. The third kappa shape index (κ3) is 9.59. The zero-order valence-electron chi connectivity index (χ0n) is 27.2. The Balaban J connectivity index is 0.000000468. The van der Waals surface area contributed by atoms with E-state index >= 15 is 0 Å². The molecule has 0 bridgehead atoms. The van der Waals surface area contributed by atoms with Gasteiger partial charge in [-0.1, -0.05) is 31.2 Å². The number of hydrogen-bond acceptors (Lipinski definition) is 9. The second kappa shape index (κ2) is 15.5. The third-order valence-electron chi connectivity index (χ3n) is 7.55. The molecule has 0 aromatic heterocycles. The summed E-state index contributed by atoms with van der Waals surface area (Å²) in [5, 5.41) is 3.67. The number of carbonyl (C=O) groups is 1. The van der Waals surface area contributed by atoms with Crippen molar-refractivity contribution < 1.29 is 41.4 Å². The van der Waals surface area contributed by atoms with Gasteiger partial charge in [-0.05, 0) is 99.2 Å². The van der Waals surface area contributed by atoms with Crippen LogP contribution in [0.2, 0.25) is 0 Å². The summed E-state index contributed by atoms with van der Waals surface area (Å²) in [5.74, 6) is 2.07. The van der Waals surface area contributed by atoms with Crippen LogP contribution in [0.3, 0.4) is 0 Å². The van der Waals surface area contributed by atoms with Gasteiger partial charge in [-0.15, -0.1) is 0 Å². The van der Waals surface area contributed by atoms with Crippen LogP contribution in [0.5, 0.6) is 23.0 Å². The summed E-state index contributed by atoms with van der Waals surface area (Å²) in [6, 6.07) is 17.3. The minimum atomic E-state index is -4.00. The van der Waals surface area contributed by atoms with Crippen LogP contribution in [0.4, 0.5) is 0 Å². The normalized spacial score (nSPS) is 15.8. The van der Waals surface area contributed by atoms with E-state index in [-0.39, 0.29) is 28.7 Å². The molecule has 246 valence electrons. The first-order chi connectivity index (χ1) is 21.2. The monoisotopic (exact) mass is 643 g/mol. The van der Waals surface area contributed by atoms with Crippen LogP contribution in [-0.4, -0.2) is 59.5 Å². The van der Waals surface area contributed by atoms with Crippen molar-refractivity contribution >= 4 is 16.1 Å². The summed E-state index contributed by atoms with van der Waals surface area (Å²) in [4.78, 5) is 13.2. The molecule has 3 aromatic rings. The minimum absolute atomic E-state index is 0.0741. The number of esters is 1. The van der Waals surface area contributed by atoms with Gasteiger partial charge in [-0.25, -0.2) is 0 Å². The van der Waals surface area contributed by atoms with E-state index in [2.05, 4.69) is 5.32 Å².